The van der Waals surface area contributed by atoms with Gasteiger partial charge >= 0.3 is 0 Å². The lowest BCUT2D eigenvalue weighted by atomic mass is 10.2. The van der Waals surface area contributed by atoms with Gasteiger partial charge in [-0.05, 0) is 24.3 Å². The number of nitrogens with one attached hydrogen (secondary N) is 2. The summed E-state index contributed by atoms with van der Waals surface area (Å²) in [7, 11) is 3.16. The van der Waals surface area contributed by atoms with Gasteiger partial charge in [0.15, 0.2) is 0 Å². The molecule has 1 aromatic heterocycles. The highest BCUT2D eigenvalue weighted by atomic mass is 16.5. The highest BCUT2D eigenvalue weighted by molar-refractivity contribution is 6.02. The molecule has 0 fully saturated rings. The van der Waals surface area contributed by atoms with E-state index in [9.17, 15) is 4.79 Å². The normalized spacial score (nSPS) is 10.1. The standard InChI is InChI=1S/C19H18N4O3/c1-25-14-8-9-15(17(10-14)26-2)23-18-12-20-16(11-21-18)19(24)22-13-6-4-3-5-7-13/h3-12H,1-2H3,(H,21,23)(H,22,24). The molecule has 1 amide bonds. The van der Waals surface area contributed by atoms with Crippen LogP contribution in [-0.2, 0) is 0 Å². The van der Waals surface area contributed by atoms with Crippen LogP contribution in [0.5, 0.6) is 11.5 Å². The molecule has 0 aliphatic carbocycles. The fourth-order valence-electron chi connectivity index (χ4n) is 2.27. The predicted molar refractivity (Wildman–Crippen MR) is 99.3 cm³/mol. The molecule has 3 rings (SSSR count). The van der Waals surface area contributed by atoms with Crippen LogP contribution in [0.15, 0.2) is 60.9 Å². The second-order valence-electron chi connectivity index (χ2n) is 5.30. The Labute approximate surface area is 151 Å². The number of amides is 1. The van der Waals surface area contributed by atoms with Gasteiger partial charge < -0.3 is 20.1 Å². The van der Waals surface area contributed by atoms with Gasteiger partial charge in [-0.2, -0.15) is 0 Å². The van der Waals surface area contributed by atoms with Crippen LogP contribution in [0.3, 0.4) is 0 Å². The number of anilines is 3. The zero-order chi connectivity index (χ0) is 18.4. The zero-order valence-electron chi connectivity index (χ0n) is 14.4. The summed E-state index contributed by atoms with van der Waals surface area (Å²) in [6.45, 7) is 0. The van der Waals surface area contributed by atoms with Crippen molar-refractivity contribution >= 4 is 23.1 Å². The molecular formula is C19H18N4O3. The molecule has 0 unspecified atom stereocenters. The number of hydrogen-bond acceptors (Lipinski definition) is 6. The van der Waals surface area contributed by atoms with E-state index in [1.165, 1.54) is 12.4 Å². The number of nitrogens with zero attached hydrogens (tertiary/aromatic N) is 2. The number of ether oxygens (including phenoxy) is 2. The van der Waals surface area contributed by atoms with Crippen molar-refractivity contribution in [2.75, 3.05) is 24.9 Å². The fraction of sp³-hybridized carbons (Fsp3) is 0.105. The van der Waals surface area contributed by atoms with Gasteiger partial charge in [0.1, 0.15) is 23.0 Å². The first-order valence-corrected chi connectivity index (χ1v) is 7.87. The molecule has 0 spiro atoms. The third-order valence-electron chi connectivity index (χ3n) is 3.59. The minimum atomic E-state index is -0.322. The number of carbonyl (C=O) groups excluding carboxylic acids is 1. The highest BCUT2D eigenvalue weighted by Crippen LogP contribution is 2.30. The topological polar surface area (TPSA) is 85.4 Å². The Morgan fingerprint density at radius 1 is 0.962 bits per heavy atom. The maximum absolute atomic E-state index is 12.2. The second-order valence-corrected chi connectivity index (χ2v) is 5.30. The molecule has 7 nitrogen and oxygen atoms in total. The Kier molecular flexibility index (Phi) is 5.28. The van der Waals surface area contributed by atoms with Crippen LogP contribution in [0, 0.1) is 0 Å². The molecule has 0 bridgehead atoms. The molecule has 7 heteroatoms. The average Bonchev–Trinajstić information content (AvgIpc) is 2.69. The van der Waals surface area contributed by atoms with E-state index in [0.29, 0.717) is 28.7 Å². The van der Waals surface area contributed by atoms with Gasteiger partial charge in [-0.3, -0.25) is 4.79 Å². The van der Waals surface area contributed by atoms with Crippen molar-refractivity contribution < 1.29 is 14.3 Å². The van der Waals surface area contributed by atoms with Crippen molar-refractivity contribution in [2.24, 2.45) is 0 Å². The van der Waals surface area contributed by atoms with Crippen molar-refractivity contribution in [3.05, 3.63) is 66.6 Å². The smallest absolute Gasteiger partial charge is 0.275 e. The first kappa shape index (κ1) is 17.2. The van der Waals surface area contributed by atoms with Crippen LogP contribution in [0.2, 0.25) is 0 Å². The van der Waals surface area contributed by atoms with Gasteiger partial charge in [0.25, 0.3) is 5.91 Å². The van der Waals surface area contributed by atoms with Crippen LogP contribution in [0.1, 0.15) is 10.5 Å². The number of para-hydroxylation sites is 1. The molecule has 0 saturated heterocycles. The molecular weight excluding hydrogens is 332 g/mol. The van der Waals surface area contributed by atoms with Crippen molar-refractivity contribution in [1.29, 1.82) is 0 Å². The van der Waals surface area contributed by atoms with Gasteiger partial charge in [0, 0.05) is 11.8 Å². The van der Waals surface area contributed by atoms with Crippen LogP contribution in [0.4, 0.5) is 17.2 Å². The highest BCUT2D eigenvalue weighted by Gasteiger charge is 2.10. The molecule has 0 radical (unpaired) electrons. The van der Waals surface area contributed by atoms with Gasteiger partial charge in [0.2, 0.25) is 0 Å². The molecule has 0 aliphatic heterocycles. The lowest BCUT2D eigenvalue weighted by molar-refractivity contribution is 0.102. The molecule has 0 saturated carbocycles. The van der Waals surface area contributed by atoms with Gasteiger partial charge in [0.05, 0.1) is 32.3 Å². The Morgan fingerprint density at radius 2 is 1.77 bits per heavy atom. The van der Waals surface area contributed by atoms with Crippen LogP contribution < -0.4 is 20.1 Å². The minimum absolute atomic E-state index is 0.223. The van der Waals surface area contributed by atoms with E-state index >= 15 is 0 Å². The minimum Gasteiger partial charge on any atom is -0.497 e. The lowest BCUT2D eigenvalue weighted by Gasteiger charge is -2.12. The Morgan fingerprint density at radius 3 is 2.42 bits per heavy atom. The summed E-state index contributed by atoms with van der Waals surface area (Å²) in [5, 5.41) is 5.87. The number of hydrogen-bond donors (Lipinski definition) is 2. The first-order valence-electron chi connectivity index (χ1n) is 7.87. The van der Waals surface area contributed by atoms with Crippen molar-refractivity contribution in [2.45, 2.75) is 0 Å². The van der Waals surface area contributed by atoms with E-state index in [4.69, 9.17) is 9.47 Å². The van der Waals surface area contributed by atoms with Gasteiger partial charge in [-0.15, -0.1) is 0 Å². The zero-order valence-corrected chi connectivity index (χ0v) is 14.4. The summed E-state index contributed by atoms with van der Waals surface area (Å²) >= 11 is 0. The Hall–Kier alpha value is -3.61. The molecule has 2 N–H and O–H groups in total. The predicted octanol–water partition coefficient (Wildman–Crippen LogP) is 3.49. The van der Waals surface area contributed by atoms with E-state index in [1.54, 1.807) is 38.5 Å². The van der Waals surface area contributed by atoms with E-state index in [0.717, 1.165) is 0 Å². The molecule has 0 atom stereocenters. The summed E-state index contributed by atoms with van der Waals surface area (Å²) in [6, 6.07) is 14.6. The molecule has 0 aliphatic rings. The number of rotatable bonds is 6. The first-order chi connectivity index (χ1) is 12.7. The third kappa shape index (κ3) is 4.07. The summed E-state index contributed by atoms with van der Waals surface area (Å²) in [6.07, 6.45) is 2.90. The van der Waals surface area contributed by atoms with Crippen LogP contribution in [0.25, 0.3) is 0 Å². The monoisotopic (exact) mass is 350 g/mol. The largest absolute Gasteiger partial charge is 0.497 e. The van der Waals surface area contributed by atoms with Crippen LogP contribution in [-0.4, -0.2) is 30.1 Å². The van der Waals surface area contributed by atoms with Gasteiger partial charge in [-0.25, -0.2) is 9.97 Å². The SMILES string of the molecule is COc1ccc(Nc2cnc(C(=O)Nc3ccccc3)cn2)c(OC)c1. The summed E-state index contributed by atoms with van der Waals surface area (Å²) in [5.41, 5.74) is 1.63. The lowest BCUT2D eigenvalue weighted by Crippen LogP contribution is -2.14. The summed E-state index contributed by atoms with van der Waals surface area (Å²) in [5.74, 6) is 1.46. The number of aromatic nitrogens is 2. The van der Waals surface area contributed by atoms with E-state index < -0.39 is 0 Å². The van der Waals surface area contributed by atoms with Crippen LogP contribution >= 0.6 is 0 Å². The van der Waals surface area contributed by atoms with E-state index in [1.807, 2.05) is 24.3 Å². The van der Waals surface area contributed by atoms with Crippen molar-refractivity contribution in [3.8, 4) is 11.5 Å². The average molecular weight is 350 g/mol. The van der Waals surface area contributed by atoms with E-state index in [2.05, 4.69) is 20.6 Å². The number of methoxy groups -OCH3 is 2. The molecule has 2 aromatic carbocycles. The third-order valence-corrected chi connectivity index (χ3v) is 3.59. The molecule has 3 aromatic rings. The quantitative estimate of drug-likeness (QED) is 0.708. The second kappa shape index (κ2) is 7.98. The Balaban J connectivity index is 1.71. The maximum Gasteiger partial charge on any atom is 0.275 e. The van der Waals surface area contributed by atoms with E-state index in [-0.39, 0.29) is 11.6 Å². The number of carbonyl (C=O) groups is 1. The fourth-order valence-corrected chi connectivity index (χ4v) is 2.27. The summed E-state index contributed by atoms with van der Waals surface area (Å²) < 4.78 is 10.5. The van der Waals surface area contributed by atoms with Crippen molar-refractivity contribution in [1.82, 2.24) is 9.97 Å². The van der Waals surface area contributed by atoms with Gasteiger partial charge in [-0.1, -0.05) is 18.2 Å². The molecule has 132 valence electrons. The molecule has 1 heterocycles. The van der Waals surface area contributed by atoms with Crippen molar-refractivity contribution in [3.63, 3.8) is 0 Å². The Bertz CT molecular complexity index is 883. The number of benzene rings is 2. The maximum atomic E-state index is 12.2. The molecule has 26 heavy (non-hydrogen) atoms. The summed E-state index contributed by atoms with van der Waals surface area (Å²) in [4.78, 5) is 20.6.